The molecule has 2 N–H and O–H groups in total. The molecular weight excluding hydrogens is 591 g/mol. The normalized spacial score (nSPS) is 15.7. The Morgan fingerprint density at radius 1 is 1.02 bits per heavy atom. The Labute approximate surface area is 269 Å². The average Bonchev–Trinajstić information content (AvgIpc) is 3.42. The molecule has 1 aliphatic rings. The summed E-state index contributed by atoms with van der Waals surface area (Å²) >= 11 is 0. The van der Waals surface area contributed by atoms with Crippen LogP contribution in [0.15, 0.2) is 66.9 Å². The number of imidazole rings is 1. The van der Waals surface area contributed by atoms with Gasteiger partial charge >= 0.3 is 6.03 Å². The highest BCUT2D eigenvalue weighted by atomic mass is 32.2. The minimum Gasteiger partial charge on any atom is -0.328 e. The number of benzene rings is 2. The third-order valence-electron chi connectivity index (χ3n) is 8.00. The molecule has 2 amide bonds. The maximum atomic E-state index is 15.2. The van der Waals surface area contributed by atoms with Gasteiger partial charge in [0.2, 0.25) is 10.0 Å². The molecule has 0 aliphatic carbocycles. The molecule has 1 aromatic heterocycles. The van der Waals surface area contributed by atoms with Crippen molar-refractivity contribution in [3.05, 3.63) is 78.2 Å². The zero-order valence-corrected chi connectivity index (χ0v) is 27.2. The molecule has 0 saturated carbocycles. The second-order valence-electron chi connectivity index (χ2n) is 12.6. The molecule has 11 heteroatoms. The summed E-state index contributed by atoms with van der Waals surface area (Å²) in [6.45, 7) is 9.00. The van der Waals surface area contributed by atoms with Crippen molar-refractivity contribution in [1.29, 1.82) is 0 Å². The maximum Gasteiger partial charge on any atom is 0.320 e. The van der Waals surface area contributed by atoms with Crippen LogP contribution in [-0.4, -0.2) is 89.3 Å². The summed E-state index contributed by atoms with van der Waals surface area (Å²) < 4.78 is 44.3. The van der Waals surface area contributed by atoms with E-state index in [4.69, 9.17) is 10.7 Å². The van der Waals surface area contributed by atoms with Gasteiger partial charge < -0.3 is 20.1 Å². The van der Waals surface area contributed by atoms with Gasteiger partial charge in [-0.2, -0.15) is 4.31 Å². The van der Waals surface area contributed by atoms with Crippen LogP contribution in [-0.2, 0) is 16.6 Å². The lowest BCUT2D eigenvalue weighted by atomic mass is 9.84. The molecule has 2 atom stereocenters. The van der Waals surface area contributed by atoms with Crippen molar-refractivity contribution >= 4 is 16.1 Å². The number of nitrogens with zero attached hydrogens (tertiary/aromatic N) is 5. The van der Waals surface area contributed by atoms with Crippen molar-refractivity contribution in [2.45, 2.75) is 66.7 Å². The first-order valence-electron chi connectivity index (χ1n) is 15.5. The number of piperazine rings is 1. The highest BCUT2D eigenvalue weighted by molar-refractivity contribution is 7.89. The topological polar surface area (TPSA) is 105 Å². The molecule has 0 bridgehead atoms. The first kappa shape index (κ1) is 36.2. The first-order chi connectivity index (χ1) is 20.9. The van der Waals surface area contributed by atoms with Gasteiger partial charge in [0.05, 0.1) is 24.0 Å². The molecule has 45 heavy (non-hydrogen) atoms. The van der Waals surface area contributed by atoms with Crippen LogP contribution >= 0.6 is 0 Å². The lowest BCUT2D eigenvalue weighted by Gasteiger charge is -2.44. The average molecular weight is 643 g/mol. The van der Waals surface area contributed by atoms with Gasteiger partial charge in [0.15, 0.2) is 0 Å². The highest BCUT2D eigenvalue weighted by Crippen LogP contribution is 2.40. The Morgan fingerprint density at radius 2 is 1.62 bits per heavy atom. The molecule has 2 heterocycles. The molecule has 9 nitrogen and oxygen atoms in total. The number of alkyl halides is 1. The molecule has 1 saturated heterocycles. The van der Waals surface area contributed by atoms with Crippen LogP contribution in [0, 0.1) is 5.41 Å². The van der Waals surface area contributed by atoms with E-state index in [9.17, 15) is 13.2 Å². The van der Waals surface area contributed by atoms with Crippen LogP contribution in [0.4, 0.5) is 9.18 Å². The molecule has 3 aromatic rings. The summed E-state index contributed by atoms with van der Waals surface area (Å²) in [5, 5.41) is 0. The summed E-state index contributed by atoms with van der Waals surface area (Å²) in [6, 6.07) is 18.9. The molecule has 248 valence electrons. The Morgan fingerprint density at radius 3 is 2.18 bits per heavy atom. The Hall–Kier alpha value is -3.28. The molecule has 1 aliphatic heterocycles. The standard InChI is InChI=1S/C33H47FN6O3S.CH4/c1-5-6-21-44(42,43)39-19-17-37(18-20-39)32(41)40(24-28(34)22-35)30(33(2,3)4)31-36-29(27-15-11-8-12-16-27)25-38(31)23-26-13-9-7-10-14-26;/h7-16,25,28,30H,5-6,17-24,35H2,1-4H3;1H4/t28-,30+;/m1./s1. The van der Waals surface area contributed by atoms with E-state index in [1.165, 1.54) is 4.31 Å². The fourth-order valence-electron chi connectivity index (χ4n) is 5.67. The number of halogens is 1. The van der Waals surface area contributed by atoms with E-state index in [-0.39, 0.29) is 58.5 Å². The van der Waals surface area contributed by atoms with Crippen molar-refractivity contribution in [2.75, 3.05) is 45.0 Å². The van der Waals surface area contributed by atoms with Crippen LogP contribution in [0.25, 0.3) is 11.3 Å². The molecule has 0 radical (unpaired) electrons. The third-order valence-corrected chi connectivity index (χ3v) is 9.96. The fraction of sp³-hybridized carbons (Fsp3) is 0.529. The second-order valence-corrected chi connectivity index (χ2v) is 14.6. The van der Waals surface area contributed by atoms with Crippen molar-refractivity contribution in [3.8, 4) is 11.3 Å². The van der Waals surface area contributed by atoms with E-state index in [1.807, 2.05) is 94.6 Å². The zero-order valence-electron chi connectivity index (χ0n) is 26.4. The lowest BCUT2D eigenvalue weighted by molar-refractivity contribution is 0.0615. The number of hydrogen-bond donors (Lipinski definition) is 1. The smallest absolute Gasteiger partial charge is 0.320 e. The van der Waals surface area contributed by atoms with E-state index >= 15 is 4.39 Å². The number of urea groups is 1. The van der Waals surface area contributed by atoms with E-state index < -0.39 is 27.7 Å². The number of aromatic nitrogens is 2. The molecule has 0 spiro atoms. The van der Waals surface area contributed by atoms with Gasteiger partial charge in [-0.1, -0.05) is 102 Å². The largest absolute Gasteiger partial charge is 0.328 e. The Balaban J connectivity index is 0.00000552. The van der Waals surface area contributed by atoms with E-state index in [0.29, 0.717) is 18.8 Å². The predicted octanol–water partition coefficient (Wildman–Crippen LogP) is 5.79. The minimum absolute atomic E-state index is 0. The Kier molecular flexibility index (Phi) is 12.7. The minimum atomic E-state index is -3.39. The number of carbonyl (C=O) groups excluding carboxylic acids is 1. The van der Waals surface area contributed by atoms with Crippen molar-refractivity contribution in [2.24, 2.45) is 11.1 Å². The van der Waals surface area contributed by atoms with Gasteiger partial charge in [0.1, 0.15) is 12.0 Å². The predicted molar refractivity (Wildman–Crippen MR) is 180 cm³/mol. The third kappa shape index (κ3) is 9.14. The monoisotopic (exact) mass is 642 g/mol. The van der Waals surface area contributed by atoms with Crippen molar-refractivity contribution in [3.63, 3.8) is 0 Å². The SMILES string of the molecule is C.CCCCS(=O)(=O)N1CCN(C(=O)N(C[C@H](F)CN)[C@@H](c2nc(-c3ccccc3)cn2Cc2ccccc2)C(C)(C)C)CC1. The zero-order chi connectivity index (χ0) is 31.9. The van der Waals surface area contributed by atoms with Gasteiger partial charge in [-0.15, -0.1) is 0 Å². The maximum absolute atomic E-state index is 15.2. The summed E-state index contributed by atoms with van der Waals surface area (Å²) in [4.78, 5) is 22.6. The highest BCUT2D eigenvalue weighted by Gasteiger charge is 2.41. The summed E-state index contributed by atoms with van der Waals surface area (Å²) in [7, 11) is -3.39. The molecular formula is C34H51FN6O3S. The van der Waals surface area contributed by atoms with Crippen LogP contribution in [0.5, 0.6) is 0 Å². The quantitative estimate of drug-likeness (QED) is 0.270. The van der Waals surface area contributed by atoms with Gasteiger partial charge in [-0.05, 0) is 17.4 Å². The van der Waals surface area contributed by atoms with Gasteiger partial charge in [-0.3, -0.25) is 0 Å². The van der Waals surface area contributed by atoms with Crippen LogP contribution in [0.2, 0.25) is 0 Å². The summed E-state index contributed by atoms with van der Waals surface area (Å²) in [5.41, 5.74) is 7.98. The number of sulfonamides is 1. The molecule has 2 aromatic carbocycles. The summed E-state index contributed by atoms with van der Waals surface area (Å²) in [5.74, 6) is 0.752. The molecule has 4 rings (SSSR count). The number of unbranched alkanes of at least 4 members (excludes halogenated alkanes) is 1. The lowest BCUT2D eigenvalue weighted by Crippen LogP contribution is -2.57. The fourth-order valence-corrected chi connectivity index (χ4v) is 7.31. The second kappa shape index (κ2) is 15.8. The van der Waals surface area contributed by atoms with E-state index in [0.717, 1.165) is 23.2 Å². The number of hydrogen-bond acceptors (Lipinski definition) is 5. The van der Waals surface area contributed by atoms with E-state index in [1.54, 1.807) is 9.80 Å². The van der Waals surface area contributed by atoms with Crippen LogP contribution < -0.4 is 5.73 Å². The van der Waals surface area contributed by atoms with Crippen LogP contribution in [0.3, 0.4) is 0 Å². The Bertz CT molecular complexity index is 1450. The van der Waals surface area contributed by atoms with E-state index in [2.05, 4.69) is 4.57 Å². The van der Waals surface area contributed by atoms with Crippen molar-refractivity contribution in [1.82, 2.24) is 23.7 Å². The summed E-state index contributed by atoms with van der Waals surface area (Å²) in [6.07, 6.45) is 1.94. The number of carbonyl (C=O) groups is 1. The van der Waals surface area contributed by atoms with Gasteiger partial charge in [0.25, 0.3) is 0 Å². The first-order valence-corrected chi connectivity index (χ1v) is 17.1. The van der Waals surface area contributed by atoms with Gasteiger partial charge in [0, 0.05) is 51.0 Å². The van der Waals surface area contributed by atoms with Gasteiger partial charge in [-0.25, -0.2) is 22.6 Å². The number of nitrogens with two attached hydrogens (primary N) is 1. The van der Waals surface area contributed by atoms with Crippen molar-refractivity contribution < 1.29 is 17.6 Å². The van der Waals surface area contributed by atoms with Crippen LogP contribution in [0.1, 0.15) is 65.4 Å². The number of rotatable bonds is 12. The molecule has 1 fully saturated rings. The molecule has 0 unspecified atom stereocenters. The number of amides is 2.